The Bertz CT molecular complexity index is 789. The van der Waals surface area contributed by atoms with Crippen LogP contribution in [0.5, 0.6) is 11.5 Å². The number of hydrazone groups is 1. The van der Waals surface area contributed by atoms with Crippen LogP contribution in [0.25, 0.3) is 0 Å². The number of aryl methyl sites for hydroxylation is 1. The van der Waals surface area contributed by atoms with Crippen molar-refractivity contribution in [3.63, 3.8) is 0 Å². The minimum absolute atomic E-state index is 0.162. The summed E-state index contributed by atoms with van der Waals surface area (Å²) in [6.07, 6.45) is 2.86. The summed E-state index contributed by atoms with van der Waals surface area (Å²) in [5, 5.41) is 4.05. The third-order valence-electron chi connectivity index (χ3n) is 3.82. The Labute approximate surface area is 168 Å². The largest absolute Gasteiger partial charge is 0.490 e. The Balaban J connectivity index is 2.00. The number of benzene rings is 2. The quantitative estimate of drug-likeness (QED) is 0.468. The van der Waals surface area contributed by atoms with Crippen molar-refractivity contribution in [2.24, 2.45) is 5.10 Å². The molecule has 0 heterocycles. The zero-order valence-electron chi connectivity index (χ0n) is 15.9. The van der Waals surface area contributed by atoms with Crippen molar-refractivity contribution >= 4 is 28.1 Å². The summed E-state index contributed by atoms with van der Waals surface area (Å²) in [7, 11) is 0. The highest BCUT2D eigenvalue weighted by atomic mass is 79.9. The molecule has 2 rings (SSSR count). The van der Waals surface area contributed by atoms with Crippen LogP contribution in [0.1, 0.15) is 37.5 Å². The molecule has 0 unspecified atom stereocenters. The molecule has 5 nitrogen and oxygen atoms in total. The molecule has 1 N–H and O–H groups in total. The fourth-order valence-electron chi connectivity index (χ4n) is 2.51. The molecule has 0 aliphatic carbocycles. The van der Waals surface area contributed by atoms with Gasteiger partial charge in [0.05, 0.1) is 30.3 Å². The molecule has 27 heavy (non-hydrogen) atoms. The number of nitrogens with one attached hydrogen (secondary N) is 1. The molecule has 1 amide bonds. The zero-order chi connectivity index (χ0) is 19.6. The first kappa shape index (κ1) is 21.0. The monoisotopic (exact) mass is 432 g/mol. The first-order valence-electron chi connectivity index (χ1n) is 9.06. The number of rotatable bonds is 9. The molecular weight excluding hydrogens is 408 g/mol. The third kappa shape index (κ3) is 6.40. The molecule has 6 heteroatoms. The number of hydrogen-bond donors (Lipinski definition) is 1. The Kier molecular flexibility index (Phi) is 8.33. The van der Waals surface area contributed by atoms with E-state index in [0.717, 1.165) is 22.0 Å². The lowest BCUT2D eigenvalue weighted by atomic mass is 10.1. The number of carbonyl (C=O) groups excluding carboxylic acids is 1. The normalized spacial score (nSPS) is 10.8. The molecule has 0 aromatic heterocycles. The van der Waals surface area contributed by atoms with Crippen molar-refractivity contribution in [1.82, 2.24) is 5.43 Å². The summed E-state index contributed by atoms with van der Waals surface area (Å²) in [5.74, 6) is 1.14. The number of ether oxygens (including phenoxy) is 2. The second kappa shape index (κ2) is 10.7. The first-order valence-corrected chi connectivity index (χ1v) is 9.85. The molecule has 0 aliphatic heterocycles. The highest BCUT2D eigenvalue weighted by Crippen LogP contribution is 2.36. The van der Waals surface area contributed by atoms with Crippen LogP contribution < -0.4 is 14.9 Å². The van der Waals surface area contributed by atoms with E-state index in [4.69, 9.17) is 9.47 Å². The van der Waals surface area contributed by atoms with Crippen LogP contribution in [0.3, 0.4) is 0 Å². The van der Waals surface area contributed by atoms with Crippen LogP contribution >= 0.6 is 15.9 Å². The molecule has 0 bridgehead atoms. The predicted octanol–water partition coefficient (Wildman–Crippen LogP) is 4.50. The Hall–Kier alpha value is -2.34. The zero-order valence-corrected chi connectivity index (χ0v) is 17.5. The van der Waals surface area contributed by atoms with Gasteiger partial charge in [-0.05, 0) is 65.0 Å². The first-order chi connectivity index (χ1) is 13.1. The molecule has 2 aromatic rings. The van der Waals surface area contributed by atoms with Gasteiger partial charge in [0.25, 0.3) is 0 Å². The fraction of sp³-hybridized carbons (Fsp3) is 0.333. The fourth-order valence-corrected chi connectivity index (χ4v) is 3.08. The maximum absolute atomic E-state index is 12.1. The van der Waals surface area contributed by atoms with E-state index in [2.05, 4.69) is 33.4 Å². The Morgan fingerprint density at radius 3 is 2.37 bits per heavy atom. The van der Waals surface area contributed by atoms with Gasteiger partial charge in [-0.15, -0.1) is 0 Å². The van der Waals surface area contributed by atoms with Gasteiger partial charge in [-0.2, -0.15) is 5.10 Å². The molecular formula is C21H25BrN2O3. The highest BCUT2D eigenvalue weighted by molar-refractivity contribution is 9.10. The van der Waals surface area contributed by atoms with E-state index >= 15 is 0 Å². The van der Waals surface area contributed by atoms with Crippen molar-refractivity contribution < 1.29 is 14.3 Å². The summed E-state index contributed by atoms with van der Waals surface area (Å²) < 4.78 is 12.0. The van der Waals surface area contributed by atoms with Gasteiger partial charge in [0, 0.05) is 0 Å². The molecule has 0 saturated heterocycles. The molecule has 2 aromatic carbocycles. The Morgan fingerprint density at radius 1 is 1.07 bits per heavy atom. The summed E-state index contributed by atoms with van der Waals surface area (Å²) in [4.78, 5) is 12.1. The van der Waals surface area contributed by atoms with Gasteiger partial charge in [0.15, 0.2) is 11.5 Å². The maximum atomic E-state index is 12.1. The van der Waals surface area contributed by atoms with E-state index in [0.29, 0.717) is 31.1 Å². The average molecular weight is 433 g/mol. The number of hydrogen-bond acceptors (Lipinski definition) is 4. The summed E-state index contributed by atoms with van der Waals surface area (Å²) in [5.41, 5.74) is 5.57. The van der Waals surface area contributed by atoms with E-state index in [1.165, 1.54) is 5.56 Å². The van der Waals surface area contributed by atoms with Gasteiger partial charge in [0.1, 0.15) is 0 Å². The van der Waals surface area contributed by atoms with Crippen molar-refractivity contribution in [3.8, 4) is 11.5 Å². The van der Waals surface area contributed by atoms with Crippen LogP contribution in [-0.2, 0) is 17.6 Å². The van der Waals surface area contributed by atoms with E-state index in [1.54, 1.807) is 6.21 Å². The summed E-state index contributed by atoms with van der Waals surface area (Å²) in [6, 6.07) is 11.7. The number of nitrogens with zero attached hydrogens (tertiary/aromatic N) is 1. The number of halogens is 1. The van der Waals surface area contributed by atoms with Gasteiger partial charge < -0.3 is 9.47 Å². The van der Waals surface area contributed by atoms with E-state index in [1.807, 2.05) is 50.2 Å². The second-order valence-electron chi connectivity index (χ2n) is 5.84. The lowest BCUT2D eigenvalue weighted by Gasteiger charge is -2.13. The molecule has 0 spiro atoms. The number of carbonyl (C=O) groups is 1. The van der Waals surface area contributed by atoms with Gasteiger partial charge in [-0.1, -0.05) is 31.2 Å². The lowest BCUT2D eigenvalue weighted by molar-refractivity contribution is -0.120. The average Bonchev–Trinajstić information content (AvgIpc) is 2.65. The van der Waals surface area contributed by atoms with Crippen LogP contribution in [-0.4, -0.2) is 25.3 Å². The third-order valence-corrected chi connectivity index (χ3v) is 4.41. The predicted molar refractivity (Wildman–Crippen MR) is 112 cm³/mol. The lowest BCUT2D eigenvalue weighted by Crippen LogP contribution is -2.19. The van der Waals surface area contributed by atoms with Crippen molar-refractivity contribution in [1.29, 1.82) is 0 Å². The number of amides is 1. The van der Waals surface area contributed by atoms with Crippen molar-refractivity contribution in [3.05, 3.63) is 57.6 Å². The van der Waals surface area contributed by atoms with Crippen molar-refractivity contribution in [2.75, 3.05) is 13.2 Å². The SMILES string of the molecule is CCOc1cc(/C=N/NC(=O)Cc2ccc(CC)cc2)cc(Br)c1OCC. The molecule has 0 radical (unpaired) electrons. The van der Waals surface area contributed by atoms with E-state index in [-0.39, 0.29) is 5.91 Å². The minimum atomic E-state index is -0.162. The molecule has 0 saturated carbocycles. The Morgan fingerprint density at radius 2 is 1.74 bits per heavy atom. The highest BCUT2D eigenvalue weighted by Gasteiger charge is 2.11. The molecule has 0 aliphatic rings. The van der Waals surface area contributed by atoms with Gasteiger partial charge in [-0.25, -0.2) is 5.43 Å². The van der Waals surface area contributed by atoms with Gasteiger partial charge in [0.2, 0.25) is 5.91 Å². The van der Waals surface area contributed by atoms with Crippen LogP contribution in [0.15, 0.2) is 46.0 Å². The second-order valence-corrected chi connectivity index (χ2v) is 6.69. The van der Waals surface area contributed by atoms with Crippen LogP contribution in [0.4, 0.5) is 0 Å². The smallest absolute Gasteiger partial charge is 0.244 e. The van der Waals surface area contributed by atoms with Crippen LogP contribution in [0, 0.1) is 0 Å². The standard InChI is InChI=1S/C21H25BrN2O3/c1-4-15-7-9-16(10-8-15)13-20(25)24-23-14-17-11-18(22)21(27-6-3)19(12-17)26-5-2/h7-12,14H,4-6,13H2,1-3H3,(H,24,25)/b23-14+. The summed E-state index contributed by atoms with van der Waals surface area (Å²) >= 11 is 3.49. The molecule has 144 valence electrons. The minimum Gasteiger partial charge on any atom is -0.490 e. The molecule has 0 fully saturated rings. The summed E-state index contributed by atoms with van der Waals surface area (Å²) in [6.45, 7) is 7.01. The van der Waals surface area contributed by atoms with Crippen molar-refractivity contribution in [2.45, 2.75) is 33.6 Å². The van der Waals surface area contributed by atoms with Gasteiger partial charge in [-0.3, -0.25) is 4.79 Å². The van der Waals surface area contributed by atoms with Gasteiger partial charge >= 0.3 is 0 Å². The molecule has 0 atom stereocenters. The van der Waals surface area contributed by atoms with Crippen LogP contribution in [0.2, 0.25) is 0 Å². The maximum Gasteiger partial charge on any atom is 0.244 e. The van der Waals surface area contributed by atoms with E-state index in [9.17, 15) is 4.79 Å². The topological polar surface area (TPSA) is 59.9 Å². The van der Waals surface area contributed by atoms with E-state index < -0.39 is 0 Å².